The Balaban J connectivity index is 0. The van der Waals surface area contributed by atoms with Crippen molar-refractivity contribution in [1.82, 2.24) is 0 Å². The molecule has 0 radical (unpaired) electrons. The minimum atomic E-state index is 0. The molecule has 0 nitrogen and oxygen atoms in total. The first-order valence-corrected chi connectivity index (χ1v) is 6.65. The first kappa shape index (κ1) is 23.4. The van der Waals surface area contributed by atoms with Crippen LogP contribution in [0.1, 0.15) is 0 Å². The molecule has 0 aliphatic carbocycles. The van der Waals surface area contributed by atoms with Gasteiger partial charge in [-0.05, 0) is 0 Å². The molecule has 0 bridgehead atoms. The summed E-state index contributed by atoms with van der Waals surface area (Å²) in [5, 5.41) is 5.39. The zero-order valence-corrected chi connectivity index (χ0v) is 15.6. The average molecular weight is 336 g/mol. The number of hydrogen-bond acceptors (Lipinski definition) is 0. The van der Waals surface area contributed by atoms with Gasteiger partial charge < -0.3 is 14.9 Å². The van der Waals surface area contributed by atoms with Gasteiger partial charge >= 0.3 is 21.7 Å². The van der Waals surface area contributed by atoms with E-state index in [4.69, 9.17) is 0 Å². The molecule has 0 atom stereocenters. The molecule has 4 aromatic rings. The molecular weight excluding hydrogens is 312 g/mol. The predicted octanol–water partition coefficient (Wildman–Crippen LogP) is 6.82. The minimum absolute atomic E-state index is 0. The third-order valence-electron chi connectivity index (χ3n) is 3.08. The van der Waals surface area contributed by atoms with Gasteiger partial charge in [0.1, 0.15) is 0 Å². The Hall–Kier alpha value is -1.89. The third-order valence-corrected chi connectivity index (χ3v) is 3.08. The smallest absolute Gasteiger partial charge is 0.358 e. The van der Waals surface area contributed by atoms with Crippen molar-refractivity contribution in [2.75, 3.05) is 0 Å². The van der Waals surface area contributed by atoms with E-state index in [1.807, 2.05) is 30.3 Å². The van der Waals surface area contributed by atoms with Crippen LogP contribution in [0.25, 0.3) is 21.5 Å². The van der Waals surface area contributed by atoms with Gasteiger partial charge in [0.2, 0.25) is 0 Å². The standard InChI is InChI=1S/C13H9.C5H5.C2H4.2CH3.Ti/c1-3-7-12-10(5-1)9-11-6-2-4-8-13(11)12;1-2-4-5-3-1;1-2;;;/h1-9H;1-5H;1-2H2;2*1H3;/q2*-1;;2*-1;+4. The number of benzene rings is 2. The molecule has 23 heavy (non-hydrogen) atoms. The van der Waals surface area contributed by atoms with Crippen LogP contribution in [-0.2, 0) is 21.7 Å². The molecule has 0 aliphatic rings. The van der Waals surface area contributed by atoms with Crippen molar-refractivity contribution < 1.29 is 21.7 Å². The van der Waals surface area contributed by atoms with Gasteiger partial charge in [-0.25, -0.2) is 12.1 Å². The molecule has 0 saturated heterocycles. The fourth-order valence-corrected chi connectivity index (χ4v) is 2.22. The van der Waals surface area contributed by atoms with Gasteiger partial charge in [0.05, 0.1) is 0 Å². The summed E-state index contributed by atoms with van der Waals surface area (Å²) < 4.78 is 0. The predicted molar refractivity (Wildman–Crippen MR) is 103 cm³/mol. The molecule has 0 amide bonds. The van der Waals surface area contributed by atoms with Crippen molar-refractivity contribution in [3.8, 4) is 0 Å². The largest absolute Gasteiger partial charge is 4.00 e. The van der Waals surface area contributed by atoms with Crippen molar-refractivity contribution in [2.24, 2.45) is 0 Å². The Morgan fingerprint density at radius 2 is 1.00 bits per heavy atom. The van der Waals surface area contributed by atoms with Crippen molar-refractivity contribution in [2.45, 2.75) is 0 Å². The van der Waals surface area contributed by atoms with Gasteiger partial charge in [-0.2, -0.15) is 18.2 Å². The Labute approximate surface area is 156 Å². The van der Waals surface area contributed by atoms with Gasteiger partial charge in [0, 0.05) is 0 Å². The van der Waals surface area contributed by atoms with Crippen LogP contribution in [-0.4, -0.2) is 0 Å². The zero-order chi connectivity index (χ0) is 14.2. The van der Waals surface area contributed by atoms with Gasteiger partial charge in [-0.15, -0.1) is 52.9 Å². The van der Waals surface area contributed by atoms with E-state index in [9.17, 15) is 0 Å². The second kappa shape index (κ2) is 12.6. The summed E-state index contributed by atoms with van der Waals surface area (Å²) in [7, 11) is 0. The second-order valence-electron chi connectivity index (χ2n) is 4.28. The monoisotopic (exact) mass is 336 g/mol. The molecule has 4 aromatic carbocycles. The van der Waals surface area contributed by atoms with Crippen LogP contribution < -0.4 is 0 Å². The molecule has 1 heteroatoms. The molecule has 0 saturated carbocycles. The molecule has 0 spiro atoms. The van der Waals surface area contributed by atoms with Crippen LogP contribution in [0.5, 0.6) is 0 Å². The minimum Gasteiger partial charge on any atom is -0.358 e. The molecule has 0 aromatic heterocycles. The summed E-state index contributed by atoms with van der Waals surface area (Å²) in [6.07, 6.45) is 0. The first-order valence-electron chi connectivity index (χ1n) is 6.65. The Morgan fingerprint density at radius 1 is 0.609 bits per heavy atom. The molecule has 0 heterocycles. The van der Waals surface area contributed by atoms with E-state index in [-0.39, 0.29) is 36.6 Å². The van der Waals surface area contributed by atoms with E-state index in [0.29, 0.717) is 0 Å². The Morgan fingerprint density at radius 3 is 1.35 bits per heavy atom. The van der Waals surface area contributed by atoms with E-state index >= 15 is 0 Å². The number of fused-ring (bicyclic) bond motifs is 3. The van der Waals surface area contributed by atoms with Crippen LogP contribution in [0.2, 0.25) is 0 Å². The summed E-state index contributed by atoms with van der Waals surface area (Å²) >= 11 is 0. The quantitative estimate of drug-likeness (QED) is 0.188. The molecule has 4 rings (SSSR count). The molecule has 0 unspecified atom stereocenters. The van der Waals surface area contributed by atoms with Crippen molar-refractivity contribution in [3.63, 3.8) is 0 Å². The molecule has 116 valence electrons. The molecule has 0 N–H and O–H groups in total. The van der Waals surface area contributed by atoms with Gasteiger partial charge in [-0.1, -0.05) is 36.4 Å². The Bertz CT molecular complexity index is 680. The van der Waals surface area contributed by atoms with Crippen LogP contribution in [0.4, 0.5) is 0 Å². The summed E-state index contributed by atoms with van der Waals surface area (Å²) in [4.78, 5) is 0. The number of rotatable bonds is 0. The summed E-state index contributed by atoms with van der Waals surface area (Å²) in [5.74, 6) is 0. The zero-order valence-electron chi connectivity index (χ0n) is 14.0. The summed E-state index contributed by atoms with van der Waals surface area (Å²) in [5.41, 5.74) is 0. The van der Waals surface area contributed by atoms with Gasteiger partial charge in [0.15, 0.2) is 0 Å². The van der Waals surface area contributed by atoms with E-state index in [0.717, 1.165) is 0 Å². The second-order valence-corrected chi connectivity index (χ2v) is 4.28. The number of hydrogen-bond donors (Lipinski definition) is 0. The van der Waals surface area contributed by atoms with Crippen LogP contribution in [0.3, 0.4) is 0 Å². The fraction of sp³-hybridized carbons (Fsp3) is 0. The maximum Gasteiger partial charge on any atom is 4.00 e. The Kier molecular flexibility index (Phi) is 12.8. The van der Waals surface area contributed by atoms with Crippen LogP contribution in [0, 0.1) is 14.9 Å². The molecule has 0 aliphatic heterocycles. The van der Waals surface area contributed by atoms with Crippen LogP contribution >= 0.6 is 0 Å². The van der Waals surface area contributed by atoms with Gasteiger partial charge in [0.25, 0.3) is 0 Å². The fourth-order valence-electron chi connectivity index (χ4n) is 2.22. The molecule has 0 fully saturated rings. The summed E-state index contributed by atoms with van der Waals surface area (Å²) in [6, 6.07) is 29.3. The first-order chi connectivity index (χ1) is 9.95. The van der Waals surface area contributed by atoms with E-state index in [2.05, 4.69) is 67.8 Å². The summed E-state index contributed by atoms with van der Waals surface area (Å²) in [6.45, 7) is 6.00. The maximum atomic E-state index is 3.00. The van der Waals surface area contributed by atoms with E-state index in [1.165, 1.54) is 21.5 Å². The topological polar surface area (TPSA) is 0 Å². The third kappa shape index (κ3) is 6.02. The SMILES string of the molecule is C=C.[CH3-].[CH3-].[Ti+4].c1cc[cH-]c1.c1ccc2c(c1)[cH-]c1ccccc12. The average Bonchev–Trinajstić information content (AvgIpc) is 3.20. The molecular formula is C22H24Ti. The maximum absolute atomic E-state index is 3.00. The van der Waals surface area contributed by atoms with Crippen molar-refractivity contribution >= 4 is 21.5 Å². The van der Waals surface area contributed by atoms with Crippen molar-refractivity contribution in [1.29, 1.82) is 0 Å². The normalized spacial score (nSPS) is 8.17. The van der Waals surface area contributed by atoms with E-state index in [1.54, 1.807) is 0 Å². The van der Waals surface area contributed by atoms with E-state index < -0.39 is 0 Å². The van der Waals surface area contributed by atoms with Gasteiger partial charge in [-0.3, -0.25) is 0 Å². The van der Waals surface area contributed by atoms with Crippen LogP contribution in [0.15, 0.2) is 98.1 Å². The van der Waals surface area contributed by atoms with Crippen molar-refractivity contribution in [3.05, 3.63) is 113 Å².